The lowest BCUT2D eigenvalue weighted by Crippen LogP contribution is -2.34. The summed E-state index contributed by atoms with van der Waals surface area (Å²) >= 11 is 0. The van der Waals surface area contributed by atoms with Crippen LogP contribution in [0.5, 0.6) is 11.5 Å². The van der Waals surface area contributed by atoms with E-state index in [0.717, 1.165) is 5.56 Å². The number of anilines is 3. The molecule has 9 nitrogen and oxygen atoms in total. The first-order valence-electron chi connectivity index (χ1n) is 12.2. The predicted molar refractivity (Wildman–Crippen MR) is 138 cm³/mol. The van der Waals surface area contributed by atoms with Gasteiger partial charge < -0.3 is 30.2 Å². The summed E-state index contributed by atoms with van der Waals surface area (Å²) in [6.07, 6.45) is -7.29. The van der Waals surface area contributed by atoms with E-state index in [1.807, 2.05) is 0 Å². The van der Waals surface area contributed by atoms with Gasteiger partial charge in [-0.3, -0.25) is 4.79 Å². The summed E-state index contributed by atoms with van der Waals surface area (Å²) in [5.41, 5.74) is 0.970. The molecule has 0 radical (unpaired) electrons. The van der Waals surface area contributed by atoms with Gasteiger partial charge in [0.2, 0.25) is 0 Å². The number of nitrogens with one attached hydrogen (secondary N) is 3. The van der Waals surface area contributed by atoms with E-state index in [1.54, 1.807) is 50.2 Å². The minimum atomic E-state index is -5.06. The molecule has 1 aliphatic heterocycles. The predicted octanol–water partition coefficient (Wildman–Crippen LogP) is 5.81. The normalized spacial score (nSPS) is 13.8. The van der Waals surface area contributed by atoms with Gasteiger partial charge in [-0.25, -0.2) is 9.78 Å². The molecule has 0 bridgehead atoms. The third kappa shape index (κ3) is 7.96. The quantitative estimate of drug-likeness (QED) is 0.204. The van der Waals surface area contributed by atoms with Gasteiger partial charge in [0.15, 0.2) is 11.5 Å². The highest BCUT2D eigenvalue weighted by molar-refractivity contribution is 6.08. The Bertz CT molecular complexity index is 1430. The van der Waals surface area contributed by atoms with Gasteiger partial charge in [-0.15, -0.1) is 8.78 Å². The monoisotopic (exact) mass is 580 g/mol. The highest BCUT2D eigenvalue weighted by Gasteiger charge is 2.43. The van der Waals surface area contributed by atoms with Crippen LogP contribution in [0.2, 0.25) is 0 Å². The molecule has 218 valence electrons. The van der Waals surface area contributed by atoms with Crippen LogP contribution in [0.3, 0.4) is 0 Å². The van der Waals surface area contributed by atoms with E-state index in [1.165, 1.54) is 24.4 Å². The highest BCUT2D eigenvalue weighted by atomic mass is 19.4. The molecular formula is C27H25F5N4O5. The number of esters is 1. The number of nitrogens with zero attached hydrogens (tertiary/aromatic N) is 1. The van der Waals surface area contributed by atoms with E-state index < -0.39 is 36.4 Å². The van der Waals surface area contributed by atoms with E-state index in [9.17, 15) is 31.5 Å². The molecule has 0 aliphatic carbocycles. The molecule has 3 N–H and O–H groups in total. The SMILES string of the molecule is CC(C)(CNc1cc(CNc2ccccc2C(=O)Nc2ccc3c(c2)OC(F)(F)O3)ccn1)COC(=O)C(F)(F)F. The lowest BCUT2D eigenvalue weighted by Gasteiger charge is -2.25. The average molecular weight is 581 g/mol. The molecule has 41 heavy (non-hydrogen) atoms. The second kappa shape index (κ2) is 11.5. The molecule has 1 amide bonds. The summed E-state index contributed by atoms with van der Waals surface area (Å²) < 4.78 is 76.9. The molecule has 4 rings (SSSR count). The number of carbonyl (C=O) groups excluding carboxylic acids is 2. The number of carbonyl (C=O) groups is 2. The number of hydrogen-bond donors (Lipinski definition) is 3. The fraction of sp³-hybridized carbons (Fsp3) is 0.296. The second-order valence-electron chi connectivity index (χ2n) is 9.82. The zero-order valence-electron chi connectivity index (χ0n) is 21.8. The Morgan fingerprint density at radius 2 is 1.71 bits per heavy atom. The molecule has 1 aromatic heterocycles. The van der Waals surface area contributed by atoms with Crippen molar-refractivity contribution in [2.45, 2.75) is 32.9 Å². The lowest BCUT2D eigenvalue weighted by atomic mass is 9.95. The summed E-state index contributed by atoms with van der Waals surface area (Å²) in [5, 5.41) is 8.84. The molecule has 0 unspecified atom stereocenters. The number of alkyl halides is 5. The van der Waals surface area contributed by atoms with Crippen LogP contribution in [0.15, 0.2) is 60.8 Å². The van der Waals surface area contributed by atoms with Gasteiger partial charge in [0.05, 0.1) is 12.2 Å². The Morgan fingerprint density at radius 3 is 2.46 bits per heavy atom. The van der Waals surface area contributed by atoms with Gasteiger partial charge in [0, 0.05) is 42.1 Å². The number of hydrogen-bond acceptors (Lipinski definition) is 8. The molecule has 0 saturated carbocycles. The van der Waals surface area contributed by atoms with Crippen LogP contribution in [0, 0.1) is 5.41 Å². The largest absolute Gasteiger partial charge is 0.586 e. The molecule has 0 spiro atoms. The number of pyridine rings is 1. The molecule has 2 heterocycles. The van der Waals surface area contributed by atoms with Crippen molar-refractivity contribution in [2.75, 3.05) is 29.1 Å². The summed E-state index contributed by atoms with van der Waals surface area (Å²) in [7, 11) is 0. The van der Waals surface area contributed by atoms with Gasteiger partial charge in [-0.05, 0) is 42.0 Å². The van der Waals surface area contributed by atoms with Crippen LogP contribution >= 0.6 is 0 Å². The number of para-hydroxylation sites is 1. The molecule has 0 saturated heterocycles. The van der Waals surface area contributed by atoms with Crippen molar-refractivity contribution in [3.8, 4) is 11.5 Å². The number of ether oxygens (including phenoxy) is 3. The molecule has 0 atom stereocenters. The molecule has 2 aromatic carbocycles. The minimum Gasteiger partial charge on any atom is -0.458 e. The van der Waals surface area contributed by atoms with Crippen LogP contribution < -0.4 is 25.4 Å². The first-order chi connectivity index (χ1) is 19.2. The van der Waals surface area contributed by atoms with E-state index in [4.69, 9.17) is 0 Å². The summed E-state index contributed by atoms with van der Waals surface area (Å²) in [6.45, 7) is 3.28. The van der Waals surface area contributed by atoms with Crippen LogP contribution in [-0.4, -0.2) is 42.5 Å². The molecular weight excluding hydrogens is 555 g/mol. The smallest absolute Gasteiger partial charge is 0.458 e. The Kier molecular flexibility index (Phi) is 8.22. The summed E-state index contributed by atoms with van der Waals surface area (Å²) in [6, 6.07) is 14.0. The Labute approximate surface area is 231 Å². The number of fused-ring (bicyclic) bond motifs is 1. The maximum Gasteiger partial charge on any atom is 0.586 e. The number of halogens is 5. The van der Waals surface area contributed by atoms with Crippen molar-refractivity contribution in [2.24, 2.45) is 5.41 Å². The first kappa shape index (κ1) is 29.4. The topological polar surface area (TPSA) is 111 Å². The zero-order valence-corrected chi connectivity index (χ0v) is 21.8. The van der Waals surface area contributed by atoms with Crippen molar-refractivity contribution in [3.63, 3.8) is 0 Å². The van der Waals surface area contributed by atoms with Gasteiger partial charge in [-0.1, -0.05) is 26.0 Å². The second-order valence-corrected chi connectivity index (χ2v) is 9.82. The standard InChI is InChI=1S/C27H25F5N4O5/c1-25(2,15-39-24(38)26(28,29)30)14-35-22-11-16(9-10-33-22)13-34-19-6-4-3-5-18(19)23(37)36-17-7-8-20-21(12-17)41-27(31,32)40-20/h3-12,34H,13-15H2,1-2H3,(H,33,35)(H,36,37). The third-order valence-electron chi connectivity index (χ3n) is 5.71. The fourth-order valence-electron chi connectivity index (χ4n) is 3.66. The zero-order chi connectivity index (χ0) is 29.8. The van der Waals surface area contributed by atoms with Crippen LogP contribution in [0.4, 0.5) is 39.1 Å². The van der Waals surface area contributed by atoms with E-state index in [0.29, 0.717) is 11.5 Å². The summed E-state index contributed by atoms with van der Waals surface area (Å²) in [5.74, 6) is -2.64. The number of amides is 1. The van der Waals surface area contributed by atoms with Gasteiger partial charge in [-0.2, -0.15) is 13.2 Å². The van der Waals surface area contributed by atoms with Crippen molar-refractivity contribution >= 4 is 29.1 Å². The third-order valence-corrected chi connectivity index (χ3v) is 5.71. The van der Waals surface area contributed by atoms with Crippen LogP contribution in [0.1, 0.15) is 29.8 Å². The minimum absolute atomic E-state index is 0.144. The summed E-state index contributed by atoms with van der Waals surface area (Å²) in [4.78, 5) is 28.2. The number of aromatic nitrogens is 1. The molecule has 1 aliphatic rings. The average Bonchev–Trinajstić information content (AvgIpc) is 3.22. The van der Waals surface area contributed by atoms with Crippen molar-refractivity contribution in [1.82, 2.24) is 4.98 Å². The Morgan fingerprint density at radius 1 is 0.976 bits per heavy atom. The fourth-order valence-corrected chi connectivity index (χ4v) is 3.66. The Hall–Kier alpha value is -4.62. The lowest BCUT2D eigenvalue weighted by molar-refractivity contribution is -0.286. The van der Waals surface area contributed by atoms with Crippen LogP contribution in [0.25, 0.3) is 0 Å². The maximum atomic E-state index is 13.3. The van der Waals surface area contributed by atoms with Gasteiger partial charge in [0.25, 0.3) is 5.91 Å². The van der Waals surface area contributed by atoms with E-state index in [-0.39, 0.29) is 35.8 Å². The molecule has 3 aromatic rings. The van der Waals surface area contributed by atoms with Gasteiger partial charge in [0.1, 0.15) is 5.82 Å². The maximum absolute atomic E-state index is 13.3. The van der Waals surface area contributed by atoms with Crippen molar-refractivity contribution < 1.29 is 45.8 Å². The van der Waals surface area contributed by atoms with E-state index >= 15 is 0 Å². The first-order valence-corrected chi connectivity index (χ1v) is 12.2. The highest BCUT2D eigenvalue weighted by Crippen LogP contribution is 2.42. The molecule has 0 fully saturated rings. The Balaban J connectivity index is 1.34. The van der Waals surface area contributed by atoms with Crippen molar-refractivity contribution in [1.29, 1.82) is 0 Å². The van der Waals surface area contributed by atoms with E-state index in [2.05, 4.69) is 35.1 Å². The number of rotatable bonds is 10. The van der Waals surface area contributed by atoms with Crippen molar-refractivity contribution in [3.05, 3.63) is 71.9 Å². The number of benzene rings is 2. The van der Waals surface area contributed by atoms with Crippen LogP contribution in [-0.2, 0) is 16.1 Å². The molecule has 14 heteroatoms. The van der Waals surface area contributed by atoms with Gasteiger partial charge >= 0.3 is 18.4 Å².